The van der Waals surface area contributed by atoms with E-state index in [2.05, 4.69) is 41.8 Å². The highest BCUT2D eigenvalue weighted by Crippen LogP contribution is 2.27. The first kappa shape index (κ1) is 18.9. The summed E-state index contributed by atoms with van der Waals surface area (Å²) < 4.78 is 10.6. The van der Waals surface area contributed by atoms with E-state index >= 15 is 0 Å². The summed E-state index contributed by atoms with van der Waals surface area (Å²) in [5.41, 5.74) is 4.81. The predicted octanol–water partition coefficient (Wildman–Crippen LogP) is 4.13. The van der Waals surface area contributed by atoms with Gasteiger partial charge in [0.05, 0.1) is 28.7 Å². The van der Waals surface area contributed by atoms with Crippen LogP contribution in [0, 0.1) is 0 Å². The fourth-order valence-electron chi connectivity index (χ4n) is 3.42. The van der Waals surface area contributed by atoms with Gasteiger partial charge in [-0.2, -0.15) is 8.75 Å². The number of nitrogens with one attached hydrogen (secondary N) is 1. The standard InChI is InChI=1S/C20H17N7OS2/c1-2-10-27-15-9-4-3-6-12(15)17-19(27)22-20(24-23-17)29-11-16(28)21-13-7-5-8-14-18(13)26-30-25-14/h3-9H,2,10-11H2,1H3,(H,21,28). The molecule has 0 aliphatic rings. The van der Waals surface area contributed by atoms with Gasteiger partial charge in [-0.05, 0) is 24.6 Å². The number of amides is 1. The number of carbonyl (C=O) groups excluding carboxylic acids is 1. The largest absolute Gasteiger partial charge is 0.324 e. The molecular weight excluding hydrogens is 418 g/mol. The molecule has 0 saturated carbocycles. The van der Waals surface area contributed by atoms with Crippen molar-refractivity contribution in [2.24, 2.45) is 0 Å². The second-order valence-corrected chi connectivity index (χ2v) is 8.18. The van der Waals surface area contributed by atoms with Crippen LogP contribution in [0.4, 0.5) is 5.69 Å². The zero-order valence-corrected chi connectivity index (χ0v) is 17.7. The molecule has 5 rings (SSSR count). The number of para-hydroxylation sites is 1. The van der Waals surface area contributed by atoms with Gasteiger partial charge in [-0.15, -0.1) is 10.2 Å². The molecule has 0 aliphatic carbocycles. The Kier molecular flexibility index (Phi) is 5.01. The summed E-state index contributed by atoms with van der Waals surface area (Å²) in [4.78, 5) is 17.2. The van der Waals surface area contributed by atoms with Crippen LogP contribution in [0.5, 0.6) is 0 Å². The van der Waals surface area contributed by atoms with Crippen LogP contribution in [0.25, 0.3) is 33.1 Å². The van der Waals surface area contributed by atoms with E-state index in [4.69, 9.17) is 4.98 Å². The van der Waals surface area contributed by atoms with Crippen LogP contribution in [0.1, 0.15) is 13.3 Å². The average molecular weight is 436 g/mol. The molecule has 10 heteroatoms. The normalized spacial score (nSPS) is 11.5. The molecule has 0 aliphatic heterocycles. The fourth-order valence-corrected chi connectivity index (χ4v) is 4.56. The van der Waals surface area contributed by atoms with Gasteiger partial charge in [0, 0.05) is 11.9 Å². The van der Waals surface area contributed by atoms with Gasteiger partial charge in [-0.1, -0.05) is 43.0 Å². The molecule has 150 valence electrons. The predicted molar refractivity (Wildman–Crippen MR) is 120 cm³/mol. The van der Waals surface area contributed by atoms with Crippen molar-refractivity contribution in [1.82, 2.24) is 28.5 Å². The van der Waals surface area contributed by atoms with Crippen molar-refractivity contribution in [1.29, 1.82) is 0 Å². The van der Waals surface area contributed by atoms with Crippen LogP contribution in [0.3, 0.4) is 0 Å². The summed E-state index contributed by atoms with van der Waals surface area (Å²) in [6.07, 6.45) is 0.986. The summed E-state index contributed by atoms with van der Waals surface area (Å²) >= 11 is 2.39. The number of hydrogen-bond donors (Lipinski definition) is 1. The number of rotatable bonds is 6. The molecule has 0 spiro atoms. The summed E-state index contributed by atoms with van der Waals surface area (Å²) in [6, 6.07) is 13.6. The topological polar surface area (TPSA) is 98.5 Å². The van der Waals surface area contributed by atoms with E-state index in [1.165, 1.54) is 11.8 Å². The van der Waals surface area contributed by atoms with Crippen LogP contribution < -0.4 is 5.32 Å². The number of benzene rings is 2. The summed E-state index contributed by atoms with van der Waals surface area (Å²) in [6.45, 7) is 2.98. The molecule has 1 amide bonds. The minimum absolute atomic E-state index is 0.154. The van der Waals surface area contributed by atoms with Crippen LogP contribution in [0.2, 0.25) is 0 Å². The Morgan fingerprint density at radius 3 is 2.90 bits per heavy atom. The van der Waals surface area contributed by atoms with E-state index in [0.717, 1.165) is 52.3 Å². The molecule has 8 nitrogen and oxygen atoms in total. The van der Waals surface area contributed by atoms with Gasteiger partial charge in [0.1, 0.15) is 16.6 Å². The molecule has 30 heavy (non-hydrogen) atoms. The Balaban J connectivity index is 1.37. The number of thioether (sulfide) groups is 1. The second-order valence-electron chi connectivity index (χ2n) is 6.71. The first-order valence-electron chi connectivity index (χ1n) is 9.50. The number of nitrogens with zero attached hydrogens (tertiary/aromatic N) is 6. The van der Waals surface area contributed by atoms with Crippen LogP contribution >= 0.6 is 23.5 Å². The lowest BCUT2D eigenvalue weighted by Gasteiger charge is -2.06. The van der Waals surface area contributed by atoms with Crippen LogP contribution in [-0.4, -0.2) is 40.2 Å². The molecule has 3 aromatic heterocycles. The smallest absolute Gasteiger partial charge is 0.234 e. The fraction of sp³-hybridized carbons (Fsp3) is 0.200. The third-order valence-corrected chi connectivity index (χ3v) is 6.07. The van der Waals surface area contributed by atoms with Crippen molar-refractivity contribution in [2.75, 3.05) is 11.1 Å². The second kappa shape index (κ2) is 7.96. The van der Waals surface area contributed by atoms with E-state index in [9.17, 15) is 4.79 Å². The van der Waals surface area contributed by atoms with Crippen molar-refractivity contribution in [2.45, 2.75) is 25.0 Å². The minimum atomic E-state index is -0.154. The third kappa shape index (κ3) is 3.37. The lowest BCUT2D eigenvalue weighted by Crippen LogP contribution is -2.14. The number of hydrogen-bond acceptors (Lipinski definition) is 8. The van der Waals surface area contributed by atoms with Crippen molar-refractivity contribution < 1.29 is 4.79 Å². The zero-order valence-electron chi connectivity index (χ0n) is 16.1. The molecule has 0 radical (unpaired) electrons. The molecule has 0 saturated heterocycles. The highest BCUT2D eigenvalue weighted by molar-refractivity contribution is 7.99. The van der Waals surface area contributed by atoms with Crippen molar-refractivity contribution in [3.05, 3.63) is 42.5 Å². The van der Waals surface area contributed by atoms with Gasteiger partial charge >= 0.3 is 0 Å². The average Bonchev–Trinajstić information content (AvgIpc) is 3.37. The molecule has 0 unspecified atom stereocenters. The monoisotopic (exact) mass is 435 g/mol. The third-order valence-electron chi connectivity index (χ3n) is 4.69. The van der Waals surface area contributed by atoms with Crippen molar-refractivity contribution in [3.8, 4) is 0 Å². The molecule has 0 fully saturated rings. The highest BCUT2D eigenvalue weighted by Gasteiger charge is 2.15. The highest BCUT2D eigenvalue weighted by atomic mass is 32.2. The number of aryl methyl sites for hydroxylation is 1. The lowest BCUT2D eigenvalue weighted by atomic mass is 10.2. The first-order chi connectivity index (χ1) is 14.7. The van der Waals surface area contributed by atoms with E-state index in [0.29, 0.717) is 16.4 Å². The van der Waals surface area contributed by atoms with E-state index in [-0.39, 0.29) is 11.7 Å². The van der Waals surface area contributed by atoms with Crippen LogP contribution in [0.15, 0.2) is 47.6 Å². The van der Waals surface area contributed by atoms with E-state index < -0.39 is 0 Å². The van der Waals surface area contributed by atoms with E-state index in [1.807, 2.05) is 36.4 Å². The Labute approximate surface area is 180 Å². The summed E-state index contributed by atoms with van der Waals surface area (Å²) in [5.74, 6) is 0.0214. The van der Waals surface area contributed by atoms with Gasteiger partial charge in [0.2, 0.25) is 11.1 Å². The SMILES string of the molecule is CCCn1c2ccccc2c2nnc(SCC(=O)Nc3cccc4nsnc34)nc21. The number of anilines is 1. The van der Waals surface area contributed by atoms with Crippen LogP contribution in [-0.2, 0) is 11.3 Å². The Bertz CT molecular complexity index is 1380. The molecule has 0 atom stereocenters. The number of aromatic nitrogens is 6. The quantitative estimate of drug-likeness (QED) is 0.401. The minimum Gasteiger partial charge on any atom is -0.324 e. The maximum atomic E-state index is 12.5. The maximum absolute atomic E-state index is 12.5. The van der Waals surface area contributed by atoms with Gasteiger partial charge in [-0.3, -0.25) is 4.79 Å². The molecule has 1 N–H and O–H groups in total. The lowest BCUT2D eigenvalue weighted by molar-refractivity contribution is -0.113. The summed E-state index contributed by atoms with van der Waals surface area (Å²) in [5, 5.41) is 13.1. The van der Waals surface area contributed by atoms with Crippen molar-refractivity contribution in [3.63, 3.8) is 0 Å². The van der Waals surface area contributed by atoms with Crippen molar-refractivity contribution >= 4 is 68.2 Å². The first-order valence-corrected chi connectivity index (χ1v) is 11.2. The van der Waals surface area contributed by atoms with Gasteiger partial charge in [0.25, 0.3) is 0 Å². The Morgan fingerprint density at radius 1 is 1.10 bits per heavy atom. The Hall–Kier alpha value is -3.11. The molecule has 5 aromatic rings. The molecular formula is C20H17N7OS2. The van der Waals surface area contributed by atoms with Gasteiger partial charge < -0.3 is 9.88 Å². The summed E-state index contributed by atoms with van der Waals surface area (Å²) in [7, 11) is 0. The number of fused-ring (bicyclic) bond motifs is 4. The van der Waals surface area contributed by atoms with E-state index in [1.54, 1.807) is 0 Å². The molecule has 3 heterocycles. The molecule has 0 bridgehead atoms. The van der Waals surface area contributed by atoms with Gasteiger partial charge in [-0.25, -0.2) is 4.98 Å². The maximum Gasteiger partial charge on any atom is 0.234 e. The van der Waals surface area contributed by atoms with Gasteiger partial charge in [0.15, 0.2) is 5.65 Å². The molecule has 2 aromatic carbocycles. The number of carbonyl (C=O) groups is 1. The Morgan fingerprint density at radius 2 is 2.00 bits per heavy atom. The zero-order chi connectivity index (χ0) is 20.5.